The van der Waals surface area contributed by atoms with Gasteiger partial charge in [0.25, 0.3) is 0 Å². The van der Waals surface area contributed by atoms with Crippen LogP contribution in [0.4, 0.5) is 0 Å². The van der Waals surface area contributed by atoms with E-state index in [1.165, 1.54) is 0 Å². The molecule has 0 spiro atoms. The summed E-state index contributed by atoms with van der Waals surface area (Å²) in [5, 5.41) is 5.83. The lowest BCUT2D eigenvalue weighted by atomic mass is 10.1. The predicted octanol–water partition coefficient (Wildman–Crippen LogP) is -1.08. The largest absolute Gasteiger partial charge is 0.381 e. The minimum Gasteiger partial charge on any atom is -0.381 e. The molecular formula is C11H20N2O4S. The Kier molecular flexibility index (Phi) is 4.58. The molecule has 6 nitrogen and oxygen atoms in total. The van der Waals surface area contributed by atoms with Crippen molar-refractivity contribution in [3.05, 3.63) is 0 Å². The van der Waals surface area contributed by atoms with Gasteiger partial charge in [-0.2, -0.15) is 0 Å². The molecule has 104 valence electrons. The monoisotopic (exact) mass is 276 g/mol. The van der Waals surface area contributed by atoms with Gasteiger partial charge in [0.2, 0.25) is 5.91 Å². The Morgan fingerprint density at radius 1 is 1.33 bits per heavy atom. The molecular weight excluding hydrogens is 256 g/mol. The number of rotatable bonds is 5. The average Bonchev–Trinajstić information content (AvgIpc) is 2.88. The average molecular weight is 276 g/mol. The predicted molar refractivity (Wildman–Crippen MR) is 67.0 cm³/mol. The Hall–Kier alpha value is -0.660. The van der Waals surface area contributed by atoms with E-state index in [-0.39, 0.29) is 30.0 Å². The van der Waals surface area contributed by atoms with E-state index in [9.17, 15) is 13.2 Å². The lowest BCUT2D eigenvalue weighted by Crippen LogP contribution is -2.42. The molecule has 18 heavy (non-hydrogen) atoms. The van der Waals surface area contributed by atoms with Crippen LogP contribution in [0.2, 0.25) is 0 Å². The van der Waals surface area contributed by atoms with Crippen molar-refractivity contribution in [2.45, 2.75) is 18.9 Å². The maximum Gasteiger partial charge on any atom is 0.234 e. The van der Waals surface area contributed by atoms with Gasteiger partial charge in [0.15, 0.2) is 9.84 Å². The lowest BCUT2D eigenvalue weighted by molar-refractivity contribution is -0.120. The number of ether oxygens (including phenoxy) is 1. The van der Waals surface area contributed by atoms with E-state index in [1.54, 1.807) is 0 Å². The van der Waals surface area contributed by atoms with Gasteiger partial charge in [-0.15, -0.1) is 0 Å². The molecule has 2 rings (SSSR count). The molecule has 2 aliphatic heterocycles. The van der Waals surface area contributed by atoms with Crippen LogP contribution in [0.3, 0.4) is 0 Å². The van der Waals surface area contributed by atoms with E-state index in [1.807, 2.05) is 0 Å². The van der Waals surface area contributed by atoms with Crippen LogP contribution < -0.4 is 10.6 Å². The van der Waals surface area contributed by atoms with E-state index in [2.05, 4.69) is 10.6 Å². The fraction of sp³-hybridized carbons (Fsp3) is 0.909. The van der Waals surface area contributed by atoms with Crippen LogP contribution >= 0.6 is 0 Å². The highest BCUT2D eigenvalue weighted by atomic mass is 32.2. The van der Waals surface area contributed by atoms with Crippen LogP contribution in [-0.4, -0.2) is 58.2 Å². The summed E-state index contributed by atoms with van der Waals surface area (Å²) in [6, 6.07) is -0.209. The number of amides is 1. The first kappa shape index (κ1) is 13.8. The Morgan fingerprint density at radius 2 is 2.17 bits per heavy atom. The summed E-state index contributed by atoms with van der Waals surface area (Å²) in [5.74, 6) is 0.626. The van der Waals surface area contributed by atoms with Crippen LogP contribution in [0, 0.1) is 5.92 Å². The first-order valence-corrected chi connectivity index (χ1v) is 8.15. The molecule has 2 aliphatic rings. The molecule has 0 unspecified atom stereocenters. The highest BCUT2D eigenvalue weighted by molar-refractivity contribution is 7.91. The highest BCUT2D eigenvalue weighted by Crippen LogP contribution is 2.11. The normalized spacial score (nSPS) is 30.4. The zero-order valence-electron chi connectivity index (χ0n) is 10.4. The molecule has 0 bridgehead atoms. The smallest absolute Gasteiger partial charge is 0.234 e. The molecule has 2 atom stereocenters. The van der Waals surface area contributed by atoms with Crippen molar-refractivity contribution in [3.8, 4) is 0 Å². The van der Waals surface area contributed by atoms with E-state index < -0.39 is 9.84 Å². The molecule has 1 amide bonds. The number of sulfone groups is 1. The van der Waals surface area contributed by atoms with Crippen molar-refractivity contribution in [1.82, 2.24) is 10.6 Å². The quantitative estimate of drug-likeness (QED) is 0.667. The van der Waals surface area contributed by atoms with Crippen molar-refractivity contribution in [2.75, 3.05) is 37.8 Å². The van der Waals surface area contributed by atoms with Gasteiger partial charge in [0.1, 0.15) is 0 Å². The fourth-order valence-corrected chi connectivity index (χ4v) is 4.00. The second-order valence-electron chi connectivity index (χ2n) is 5.03. The number of hydrogen-bond donors (Lipinski definition) is 2. The maximum absolute atomic E-state index is 11.6. The molecule has 2 saturated heterocycles. The van der Waals surface area contributed by atoms with Crippen LogP contribution in [0.25, 0.3) is 0 Å². The van der Waals surface area contributed by atoms with Gasteiger partial charge >= 0.3 is 0 Å². The van der Waals surface area contributed by atoms with Gasteiger partial charge in [-0.25, -0.2) is 8.42 Å². The van der Waals surface area contributed by atoms with Gasteiger partial charge in [0.05, 0.1) is 24.7 Å². The first-order chi connectivity index (χ1) is 8.55. The Balaban J connectivity index is 1.60. The molecule has 0 radical (unpaired) electrons. The summed E-state index contributed by atoms with van der Waals surface area (Å²) < 4.78 is 27.7. The van der Waals surface area contributed by atoms with Gasteiger partial charge in [-0.1, -0.05) is 0 Å². The summed E-state index contributed by atoms with van der Waals surface area (Å²) in [7, 11) is -2.93. The van der Waals surface area contributed by atoms with Gasteiger partial charge in [-0.05, 0) is 18.8 Å². The Bertz CT molecular complexity index is 390. The summed E-state index contributed by atoms with van der Waals surface area (Å²) in [6.45, 7) is 2.58. The van der Waals surface area contributed by atoms with Crippen molar-refractivity contribution in [3.63, 3.8) is 0 Å². The Morgan fingerprint density at radius 3 is 2.78 bits per heavy atom. The van der Waals surface area contributed by atoms with Crippen molar-refractivity contribution in [1.29, 1.82) is 0 Å². The molecule has 2 N–H and O–H groups in total. The SMILES string of the molecule is O=C(CNC[C@H]1CCOC1)N[C@H]1CCS(=O)(=O)C1. The van der Waals surface area contributed by atoms with Crippen molar-refractivity contribution in [2.24, 2.45) is 5.92 Å². The molecule has 0 saturated carbocycles. The standard InChI is InChI=1S/C11H20N2O4S/c14-11(6-12-5-9-1-3-17-7-9)13-10-2-4-18(15,16)8-10/h9-10,12H,1-8H2,(H,13,14)/t9-,10+/m1/s1. The van der Waals surface area contributed by atoms with E-state index >= 15 is 0 Å². The Labute approximate surface area is 107 Å². The number of nitrogens with one attached hydrogen (secondary N) is 2. The van der Waals surface area contributed by atoms with Crippen LogP contribution in [0.5, 0.6) is 0 Å². The van der Waals surface area contributed by atoms with Crippen LogP contribution in [0.15, 0.2) is 0 Å². The first-order valence-electron chi connectivity index (χ1n) is 6.33. The van der Waals surface area contributed by atoms with E-state index in [0.717, 1.165) is 26.2 Å². The third-order valence-corrected chi connectivity index (χ3v) is 5.11. The van der Waals surface area contributed by atoms with Gasteiger partial charge in [0, 0.05) is 19.2 Å². The van der Waals surface area contributed by atoms with Crippen molar-refractivity contribution < 1.29 is 17.9 Å². The second kappa shape index (κ2) is 5.99. The molecule has 7 heteroatoms. The maximum atomic E-state index is 11.6. The summed E-state index contributed by atoms with van der Waals surface area (Å²) in [5.41, 5.74) is 0. The van der Waals surface area contributed by atoms with Gasteiger partial charge in [-0.3, -0.25) is 4.79 Å². The minimum atomic E-state index is -2.93. The van der Waals surface area contributed by atoms with Crippen molar-refractivity contribution >= 4 is 15.7 Å². The molecule has 2 heterocycles. The van der Waals surface area contributed by atoms with Gasteiger partial charge < -0.3 is 15.4 Å². The molecule has 0 aromatic carbocycles. The minimum absolute atomic E-state index is 0.0786. The topological polar surface area (TPSA) is 84.5 Å². The summed E-state index contributed by atoms with van der Waals surface area (Å²) in [6.07, 6.45) is 1.57. The molecule has 2 fully saturated rings. The summed E-state index contributed by atoms with van der Waals surface area (Å²) >= 11 is 0. The van der Waals surface area contributed by atoms with E-state index in [0.29, 0.717) is 12.3 Å². The molecule has 0 aromatic rings. The zero-order valence-corrected chi connectivity index (χ0v) is 11.2. The van der Waals surface area contributed by atoms with Crippen LogP contribution in [0.1, 0.15) is 12.8 Å². The van der Waals surface area contributed by atoms with E-state index in [4.69, 9.17) is 4.74 Å². The molecule has 0 aromatic heterocycles. The number of hydrogen-bond acceptors (Lipinski definition) is 5. The zero-order chi connectivity index (χ0) is 13.0. The molecule has 0 aliphatic carbocycles. The van der Waals surface area contributed by atoms with Crippen LogP contribution in [-0.2, 0) is 19.4 Å². The number of carbonyl (C=O) groups is 1. The third kappa shape index (κ3) is 4.22. The fourth-order valence-electron chi connectivity index (χ4n) is 2.32. The highest BCUT2D eigenvalue weighted by Gasteiger charge is 2.28. The third-order valence-electron chi connectivity index (χ3n) is 3.34. The second-order valence-corrected chi connectivity index (χ2v) is 7.26. The summed E-state index contributed by atoms with van der Waals surface area (Å²) in [4.78, 5) is 11.6. The number of carbonyl (C=O) groups excluding carboxylic acids is 1. The lowest BCUT2D eigenvalue weighted by Gasteiger charge is -2.12.